The predicted molar refractivity (Wildman–Crippen MR) is 88.7 cm³/mol. The molecule has 0 bridgehead atoms. The van der Waals surface area contributed by atoms with E-state index in [1.807, 2.05) is 13.1 Å². The second-order valence-electron chi connectivity index (χ2n) is 6.36. The van der Waals surface area contributed by atoms with Crippen molar-refractivity contribution in [3.63, 3.8) is 0 Å². The molecule has 4 rings (SSSR count). The lowest BCUT2D eigenvalue weighted by Crippen LogP contribution is -2.70. The zero-order valence-corrected chi connectivity index (χ0v) is 14.9. The summed E-state index contributed by atoms with van der Waals surface area (Å²) >= 11 is 1.40. The lowest BCUT2D eigenvalue weighted by Gasteiger charge is -2.47. The van der Waals surface area contributed by atoms with Crippen LogP contribution >= 0.6 is 11.3 Å². The van der Waals surface area contributed by atoms with Crippen molar-refractivity contribution in [3.8, 4) is 0 Å². The van der Waals surface area contributed by atoms with Crippen molar-refractivity contribution in [2.75, 3.05) is 12.9 Å². The van der Waals surface area contributed by atoms with E-state index >= 15 is 0 Å². The van der Waals surface area contributed by atoms with E-state index < -0.39 is 16.1 Å². The van der Waals surface area contributed by atoms with Gasteiger partial charge in [0, 0.05) is 24.1 Å². The average Bonchev–Trinajstić information content (AvgIpc) is 3.14. The number of thiazole rings is 1. The number of hydrogen-bond acceptors (Lipinski definition) is 6. The second-order valence-corrected chi connectivity index (χ2v) is 8.98. The molecule has 4 atom stereocenters. The molecule has 1 aliphatic heterocycles. The molecule has 1 saturated heterocycles. The third kappa shape index (κ3) is 2.63. The topological polar surface area (TPSA) is 102 Å². The molecule has 2 aliphatic rings. The lowest BCUT2D eigenvalue weighted by molar-refractivity contribution is -0.0194. The minimum absolute atomic E-state index is 0.145. The summed E-state index contributed by atoms with van der Waals surface area (Å²) in [6, 6.07) is -0.686. The number of aromatic nitrogens is 2. The van der Waals surface area contributed by atoms with E-state index in [0.717, 1.165) is 23.3 Å². The fraction of sp³-hybridized carbons (Fsp3) is 0.571. The van der Waals surface area contributed by atoms with Gasteiger partial charge in [0.05, 0.1) is 30.1 Å². The fourth-order valence-corrected chi connectivity index (χ4v) is 5.25. The van der Waals surface area contributed by atoms with E-state index in [9.17, 15) is 13.2 Å². The Balaban J connectivity index is 1.55. The Morgan fingerprint density at radius 2 is 2.25 bits per heavy atom. The first-order valence-corrected chi connectivity index (χ1v) is 10.4. The minimum Gasteiger partial charge on any atom is -0.376 e. The van der Waals surface area contributed by atoms with Crippen molar-refractivity contribution in [1.29, 1.82) is 0 Å². The molecule has 0 unspecified atom stereocenters. The van der Waals surface area contributed by atoms with Gasteiger partial charge < -0.3 is 10.1 Å². The van der Waals surface area contributed by atoms with Crippen LogP contribution < -0.4 is 10.0 Å². The first-order valence-electron chi connectivity index (χ1n) is 7.66. The van der Waals surface area contributed by atoms with E-state index in [2.05, 4.69) is 15.0 Å². The highest BCUT2D eigenvalue weighted by molar-refractivity contribution is 7.88. The molecule has 2 N–H and O–H groups in total. The van der Waals surface area contributed by atoms with Gasteiger partial charge in [-0.3, -0.25) is 9.20 Å². The van der Waals surface area contributed by atoms with Crippen LogP contribution in [0.1, 0.15) is 22.6 Å². The summed E-state index contributed by atoms with van der Waals surface area (Å²) < 4.78 is 33.1. The van der Waals surface area contributed by atoms with Crippen LogP contribution in [0.3, 0.4) is 0 Å². The van der Waals surface area contributed by atoms with Gasteiger partial charge in [0.15, 0.2) is 4.96 Å². The highest BCUT2D eigenvalue weighted by atomic mass is 32.2. The number of rotatable bonds is 4. The number of hydrogen-bond donors (Lipinski definition) is 2. The number of amides is 1. The predicted octanol–water partition coefficient (Wildman–Crippen LogP) is 0.139. The van der Waals surface area contributed by atoms with Crippen LogP contribution in [0.25, 0.3) is 4.96 Å². The maximum absolute atomic E-state index is 12.7. The number of sulfonamides is 1. The molecule has 0 radical (unpaired) electrons. The number of nitrogens with zero attached hydrogens (tertiary/aromatic N) is 2. The van der Waals surface area contributed by atoms with Crippen molar-refractivity contribution in [3.05, 3.63) is 23.0 Å². The van der Waals surface area contributed by atoms with E-state index in [4.69, 9.17) is 4.74 Å². The molecule has 0 spiro atoms. The monoisotopic (exact) mass is 370 g/mol. The Morgan fingerprint density at radius 1 is 1.46 bits per heavy atom. The van der Waals surface area contributed by atoms with Crippen LogP contribution in [-0.2, 0) is 14.8 Å². The van der Waals surface area contributed by atoms with Crippen molar-refractivity contribution >= 4 is 32.2 Å². The summed E-state index contributed by atoms with van der Waals surface area (Å²) in [5, 5.41) is 4.74. The summed E-state index contributed by atoms with van der Waals surface area (Å²) in [4.78, 5) is 17.8. The van der Waals surface area contributed by atoms with Gasteiger partial charge in [-0.1, -0.05) is 0 Å². The Hall–Kier alpha value is -1.49. The minimum atomic E-state index is -3.37. The fourth-order valence-electron chi connectivity index (χ4n) is 3.58. The Bertz CT molecular complexity index is 903. The van der Waals surface area contributed by atoms with Crippen LogP contribution in [0.4, 0.5) is 0 Å². The molecule has 1 amide bonds. The first-order chi connectivity index (χ1) is 11.3. The van der Waals surface area contributed by atoms with Crippen LogP contribution in [0.2, 0.25) is 0 Å². The maximum atomic E-state index is 12.7. The molecular formula is C14H18N4O4S2. The maximum Gasteiger partial charge on any atom is 0.269 e. The number of carbonyl (C=O) groups is 1. The molecular weight excluding hydrogens is 352 g/mol. The summed E-state index contributed by atoms with van der Waals surface area (Å²) in [6.45, 7) is 2.47. The van der Waals surface area contributed by atoms with Gasteiger partial charge in [-0.15, -0.1) is 11.3 Å². The van der Waals surface area contributed by atoms with Crippen molar-refractivity contribution in [1.82, 2.24) is 19.4 Å². The molecule has 3 heterocycles. The summed E-state index contributed by atoms with van der Waals surface area (Å²) in [6.07, 6.45) is 3.59. The van der Waals surface area contributed by atoms with Gasteiger partial charge in [0.25, 0.3) is 5.91 Å². The molecule has 10 heteroatoms. The quantitative estimate of drug-likeness (QED) is 0.797. The number of nitrogens with one attached hydrogen (secondary N) is 2. The van der Waals surface area contributed by atoms with Gasteiger partial charge in [0.1, 0.15) is 5.69 Å². The summed E-state index contributed by atoms with van der Waals surface area (Å²) in [5.74, 6) is -0.0823. The van der Waals surface area contributed by atoms with Crippen LogP contribution in [0.5, 0.6) is 0 Å². The number of aryl methyl sites for hydroxylation is 1. The highest BCUT2D eigenvalue weighted by Crippen LogP contribution is 2.39. The van der Waals surface area contributed by atoms with Crippen LogP contribution in [0.15, 0.2) is 11.6 Å². The third-order valence-electron chi connectivity index (χ3n) is 4.60. The number of fused-ring (bicyclic) bond motifs is 2. The van der Waals surface area contributed by atoms with Crippen LogP contribution in [0, 0.1) is 12.8 Å². The van der Waals surface area contributed by atoms with Crippen LogP contribution in [-0.4, -0.2) is 54.8 Å². The third-order valence-corrected chi connectivity index (χ3v) is 6.14. The average molecular weight is 370 g/mol. The van der Waals surface area contributed by atoms with Gasteiger partial charge in [-0.2, -0.15) is 0 Å². The van der Waals surface area contributed by atoms with E-state index in [1.165, 1.54) is 11.3 Å². The zero-order valence-electron chi connectivity index (χ0n) is 13.2. The number of imidazole rings is 1. The highest BCUT2D eigenvalue weighted by Gasteiger charge is 2.55. The molecule has 1 aliphatic carbocycles. The van der Waals surface area contributed by atoms with Gasteiger partial charge in [-0.05, 0) is 13.3 Å². The van der Waals surface area contributed by atoms with Crippen molar-refractivity contribution in [2.45, 2.75) is 31.5 Å². The zero-order chi connectivity index (χ0) is 17.1. The van der Waals surface area contributed by atoms with E-state index in [-0.39, 0.29) is 24.0 Å². The molecule has 2 aromatic rings. The second kappa shape index (κ2) is 5.51. The molecule has 130 valence electrons. The summed E-state index contributed by atoms with van der Waals surface area (Å²) in [5.41, 5.74) is 1.36. The molecule has 0 aromatic carbocycles. The molecule has 1 saturated carbocycles. The molecule has 2 aromatic heterocycles. The lowest BCUT2D eigenvalue weighted by atomic mass is 9.72. The summed E-state index contributed by atoms with van der Waals surface area (Å²) in [7, 11) is -3.37. The Labute approximate surface area is 143 Å². The standard InChI is InChI=1S/C14H18N4O4S2/c1-7-5-18-9(6-23-14(18)15-7)13(19)16-10-8-3-4-22-12(8)11(10)17-24(2,20)21/h5-6,8,10-12,17H,3-4H2,1-2H3,(H,16,19)/t8-,10+,11-,12-/m1/s1. The van der Waals surface area contributed by atoms with Gasteiger partial charge >= 0.3 is 0 Å². The van der Waals surface area contributed by atoms with E-state index in [1.54, 1.807) is 9.78 Å². The smallest absolute Gasteiger partial charge is 0.269 e. The number of ether oxygens (including phenoxy) is 1. The normalized spacial score (nSPS) is 29.4. The number of carbonyl (C=O) groups excluding carboxylic acids is 1. The largest absolute Gasteiger partial charge is 0.376 e. The van der Waals surface area contributed by atoms with Crippen molar-refractivity contribution in [2.24, 2.45) is 5.92 Å². The van der Waals surface area contributed by atoms with E-state index in [0.29, 0.717) is 12.3 Å². The SMILES string of the molecule is Cc1cn2c(C(=O)N[C@H]3[C@H]4CCO[C@H]4[C@@H]3NS(C)(=O)=O)csc2n1. The van der Waals surface area contributed by atoms with Gasteiger partial charge in [-0.25, -0.2) is 18.1 Å². The Kier molecular flexibility index (Phi) is 3.68. The van der Waals surface area contributed by atoms with Crippen molar-refractivity contribution < 1.29 is 17.9 Å². The molecule has 24 heavy (non-hydrogen) atoms. The molecule has 8 nitrogen and oxygen atoms in total. The molecule has 2 fully saturated rings. The Morgan fingerprint density at radius 3 is 3.00 bits per heavy atom. The van der Waals surface area contributed by atoms with Gasteiger partial charge in [0.2, 0.25) is 10.0 Å². The first kappa shape index (κ1) is 16.0.